The minimum absolute atomic E-state index is 0.0331. The van der Waals surface area contributed by atoms with Gasteiger partial charge < -0.3 is 27.4 Å². The first-order valence-corrected chi connectivity index (χ1v) is 10.4. The van der Waals surface area contributed by atoms with Gasteiger partial charge in [-0.25, -0.2) is 0 Å². The maximum Gasteiger partial charge on any atom is 0.246 e. The van der Waals surface area contributed by atoms with Crippen LogP contribution in [0.4, 0.5) is 0 Å². The van der Waals surface area contributed by atoms with Crippen LogP contribution in [0.25, 0.3) is 0 Å². The lowest BCUT2D eigenvalue weighted by Crippen LogP contribution is -2.57. The lowest BCUT2D eigenvalue weighted by Gasteiger charge is -2.28. The highest BCUT2D eigenvalue weighted by Gasteiger charge is 2.44. The Morgan fingerprint density at radius 3 is 2.27 bits per heavy atom. The largest absolute Gasteiger partial charge is 0.384 e. The summed E-state index contributed by atoms with van der Waals surface area (Å²) in [7, 11) is 0. The smallest absolute Gasteiger partial charge is 0.246 e. The number of hydrogen-bond acceptors (Lipinski definition) is 5. The molecule has 9 N–H and O–H groups in total. The quantitative estimate of drug-likeness (QED) is 0.207. The maximum atomic E-state index is 13.0. The van der Waals surface area contributed by atoms with Crippen molar-refractivity contribution in [2.24, 2.45) is 11.5 Å². The topological polar surface area (TPSA) is 187 Å². The van der Waals surface area contributed by atoms with Crippen molar-refractivity contribution in [2.75, 3.05) is 6.54 Å². The van der Waals surface area contributed by atoms with E-state index in [-0.39, 0.29) is 49.4 Å². The summed E-state index contributed by atoms with van der Waals surface area (Å²) in [5, 5.41) is 23.1. The van der Waals surface area contributed by atoms with Gasteiger partial charge in [-0.3, -0.25) is 25.2 Å². The van der Waals surface area contributed by atoms with E-state index in [1.165, 1.54) is 0 Å². The van der Waals surface area contributed by atoms with E-state index in [0.717, 1.165) is 11.1 Å². The monoisotopic (exact) mass is 449 g/mol. The van der Waals surface area contributed by atoms with Gasteiger partial charge in [-0.15, -0.1) is 0 Å². The summed E-state index contributed by atoms with van der Waals surface area (Å²) in [4.78, 5) is 37.2. The minimum Gasteiger partial charge on any atom is -0.384 e. The predicted octanol–water partition coefficient (Wildman–Crippen LogP) is -0.121. The molecule has 0 bridgehead atoms. The molecule has 0 saturated carbocycles. The van der Waals surface area contributed by atoms with Crippen LogP contribution in [-0.4, -0.2) is 41.5 Å². The highest BCUT2D eigenvalue weighted by molar-refractivity contribution is 5.97. The molecule has 10 nitrogen and oxygen atoms in total. The van der Waals surface area contributed by atoms with Crippen LogP contribution in [-0.2, 0) is 27.3 Å². The molecule has 3 rings (SSSR count). The molecule has 172 valence electrons. The minimum atomic E-state index is -1.17. The van der Waals surface area contributed by atoms with E-state index in [1.807, 2.05) is 0 Å². The molecular weight excluding hydrogens is 422 g/mol. The van der Waals surface area contributed by atoms with Crippen LogP contribution in [0.3, 0.4) is 0 Å². The third kappa shape index (κ3) is 5.94. The first-order valence-electron chi connectivity index (χ1n) is 10.4. The number of nitrogens with two attached hydrogens (primary N) is 2. The number of amidine groups is 2. The summed E-state index contributed by atoms with van der Waals surface area (Å²) >= 11 is 0. The van der Waals surface area contributed by atoms with Crippen molar-refractivity contribution in [1.82, 2.24) is 16.0 Å². The van der Waals surface area contributed by atoms with Crippen molar-refractivity contribution >= 4 is 29.4 Å². The van der Waals surface area contributed by atoms with E-state index in [0.29, 0.717) is 17.5 Å². The summed E-state index contributed by atoms with van der Waals surface area (Å²) in [5.41, 5.74) is 12.5. The van der Waals surface area contributed by atoms with Gasteiger partial charge in [0.15, 0.2) is 0 Å². The summed E-state index contributed by atoms with van der Waals surface area (Å²) in [6, 6.07) is 13.9. The molecule has 1 atom stereocenters. The summed E-state index contributed by atoms with van der Waals surface area (Å²) in [6.07, 6.45) is 0.726. The van der Waals surface area contributed by atoms with Crippen LogP contribution in [0.2, 0.25) is 0 Å². The first-order chi connectivity index (χ1) is 15.7. The molecule has 0 spiro atoms. The molecule has 1 aliphatic rings. The standard InChI is InChI=1S/C23H27N7O3/c24-20(25)16-6-4-14(5-7-16)12-28-19(32)13-29-22(33)23(9-8-18(31)30-23)11-15-2-1-3-17(10-15)21(26)27/h1-7,10H,8-9,11-13H2,(H3,24,25)(H3,26,27)(H,28,32)(H,29,33)(H,30,31). The molecule has 0 aromatic heterocycles. The Kier molecular flexibility index (Phi) is 7.07. The Balaban J connectivity index is 1.59. The molecule has 1 saturated heterocycles. The number of carbonyl (C=O) groups excluding carboxylic acids is 3. The number of rotatable bonds is 9. The van der Waals surface area contributed by atoms with E-state index in [1.54, 1.807) is 48.5 Å². The van der Waals surface area contributed by atoms with Crippen molar-refractivity contribution in [2.45, 2.75) is 31.3 Å². The zero-order valence-electron chi connectivity index (χ0n) is 18.0. The van der Waals surface area contributed by atoms with Gasteiger partial charge in [0.25, 0.3) is 0 Å². The summed E-state index contributed by atoms with van der Waals surface area (Å²) in [6.45, 7) is 0.0159. The molecule has 1 fully saturated rings. The highest BCUT2D eigenvalue weighted by atomic mass is 16.2. The first kappa shape index (κ1) is 23.5. The average molecular weight is 450 g/mol. The fourth-order valence-electron chi connectivity index (χ4n) is 3.69. The van der Waals surface area contributed by atoms with Crippen molar-refractivity contribution in [3.63, 3.8) is 0 Å². The summed E-state index contributed by atoms with van der Waals surface area (Å²) in [5.74, 6) is -1.17. The van der Waals surface area contributed by atoms with E-state index in [4.69, 9.17) is 22.3 Å². The second-order valence-corrected chi connectivity index (χ2v) is 7.99. The van der Waals surface area contributed by atoms with Crippen LogP contribution in [0.15, 0.2) is 48.5 Å². The van der Waals surface area contributed by atoms with Crippen molar-refractivity contribution < 1.29 is 14.4 Å². The summed E-state index contributed by atoms with van der Waals surface area (Å²) < 4.78 is 0. The van der Waals surface area contributed by atoms with Gasteiger partial charge in [0, 0.05) is 30.5 Å². The molecule has 10 heteroatoms. The van der Waals surface area contributed by atoms with Gasteiger partial charge in [0.2, 0.25) is 17.7 Å². The molecule has 1 heterocycles. The number of carbonyl (C=O) groups is 3. The van der Waals surface area contributed by atoms with Gasteiger partial charge in [0.1, 0.15) is 17.2 Å². The lowest BCUT2D eigenvalue weighted by molar-refractivity contribution is -0.131. The molecule has 33 heavy (non-hydrogen) atoms. The number of benzene rings is 2. The highest BCUT2D eigenvalue weighted by Crippen LogP contribution is 2.25. The van der Waals surface area contributed by atoms with Crippen LogP contribution in [0, 0.1) is 10.8 Å². The molecule has 1 unspecified atom stereocenters. The van der Waals surface area contributed by atoms with E-state index in [9.17, 15) is 14.4 Å². The molecular formula is C23H27N7O3. The van der Waals surface area contributed by atoms with Gasteiger partial charge in [-0.1, -0.05) is 42.5 Å². The molecule has 2 aromatic carbocycles. The van der Waals surface area contributed by atoms with E-state index in [2.05, 4.69) is 16.0 Å². The van der Waals surface area contributed by atoms with Crippen LogP contribution >= 0.6 is 0 Å². The Labute approximate surface area is 191 Å². The third-order valence-electron chi connectivity index (χ3n) is 5.50. The van der Waals surface area contributed by atoms with E-state index < -0.39 is 11.4 Å². The van der Waals surface area contributed by atoms with Crippen molar-refractivity contribution in [3.05, 3.63) is 70.8 Å². The molecule has 0 radical (unpaired) electrons. The zero-order chi connectivity index (χ0) is 24.0. The van der Waals surface area contributed by atoms with Crippen LogP contribution in [0.5, 0.6) is 0 Å². The fraction of sp³-hybridized carbons (Fsp3) is 0.261. The predicted molar refractivity (Wildman–Crippen MR) is 124 cm³/mol. The Hall–Kier alpha value is -4.21. The molecule has 2 aromatic rings. The van der Waals surface area contributed by atoms with Gasteiger partial charge in [-0.05, 0) is 23.6 Å². The molecule has 0 aliphatic carbocycles. The van der Waals surface area contributed by atoms with Gasteiger partial charge >= 0.3 is 0 Å². The Morgan fingerprint density at radius 2 is 1.67 bits per heavy atom. The number of hydrogen-bond donors (Lipinski definition) is 7. The number of nitrogens with one attached hydrogen (secondary N) is 5. The van der Waals surface area contributed by atoms with Gasteiger partial charge in [0.05, 0.1) is 6.54 Å². The fourth-order valence-corrected chi connectivity index (χ4v) is 3.69. The normalized spacial score (nSPS) is 17.2. The molecule has 3 amide bonds. The average Bonchev–Trinajstić information content (AvgIpc) is 3.17. The van der Waals surface area contributed by atoms with Crippen molar-refractivity contribution in [1.29, 1.82) is 10.8 Å². The maximum absolute atomic E-state index is 13.0. The Morgan fingerprint density at radius 1 is 0.970 bits per heavy atom. The second-order valence-electron chi connectivity index (χ2n) is 7.99. The van der Waals surface area contributed by atoms with Crippen molar-refractivity contribution in [3.8, 4) is 0 Å². The number of amides is 3. The van der Waals surface area contributed by atoms with E-state index >= 15 is 0 Å². The Bertz CT molecular complexity index is 1100. The van der Waals surface area contributed by atoms with Crippen LogP contribution in [0.1, 0.15) is 35.1 Å². The number of nitrogen functional groups attached to an aromatic ring is 2. The third-order valence-corrected chi connectivity index (χ3v) is 5.50. The lowest BCUT2D eigenvalue weighted by atomic mass is 9.87. The SMILES string of the molecule is N=C(N)c1ccc(CNC(=O)CNC(=O)C2(Cc3cccc(C(=N)N)c3)CCC(=O)N2)cc1. The second kappa shape index (κ2) is 9.94. The molecule has 1 aliphatic heterocycles. The van der Waals surface area contributed by atoms with Crippen LogP contribution < -0.4 is 27.4 Å². The van der Waals surface area contributed by atoms with Gasteiger partial charge in [-0.2, -0.15) is 0 Å². The zero-order valence-corrected chi connectivity index (χ0v) is 18.0.